The number of nitrogens with one attached hydrogen (secondary N) is 2. The van der Waals surface area contributed by atoms with Gasteiger partial charge in [-0.3, -0.25) is 4.79 Å². The number of anilines is 1. The third-order valence-corrected chi connectivity index (χ3v) is 6.23. The summed E-state index contributed by atoms with van der Waals surface area (Å²) < 4.78 is 19.3. The summed E-state index contributed by atoms with van der Waals surface area (Å²) in [6.45, 7) is 2.69. The van der Waals surface area contributed by atoms with Crippen LogP contribution in [-0.2, 0) is 17.1 Å². The van der Waals surface area contributed by atoms with E-state index in [1.54, 1.807) is 12.1 Å². The van der Waals surface area contributed by atoms with Crippen molar-refractivity contribution in [2.75, 3.05) is 11.9 Å². The van der Waals surface area contributed by atoms with E-state index in [0.717, 1.165) is 10.4 Å². The van der Waals surface area contributed by atoms with E-state index in [4.69, 9.17) is 4.74 Å². The topological polar surface area (TPSA) is 74.1 Å². The second kappa shape index (κ2) is 11.9. The van der Waals surface area contributed by atoms with Gasteiger partial charge in [-0.1, -0.05) is 30.3 Å². The fourth-order valence-corrected chi connectivity index (χ4v) is 4.40. The highest BCUT2D eigenvalue weighted by atomic mass is 32.2. The average molecular weight is 468 g/mol. The van der Waals surface area contributed by atoms with Crippen molar-refractivity contribution in [2.24, 2.45) is 0 Å². The van der Waals surface area contributed by atoms with Gasteiger partial charge in [0.25, 0.3) is 5.91 Å². The Hall–Kier alpha value is -3.28. The number of thioether (sulfide) groups is 1. The fourth-order valence-electron chi connectivity index (χ4n) is 2.80. The summed E-state index contributed by atoms with van der Waals surface area (Å²) in [4.78, 5) is 13.8. The summed E-state index contributed by atoms with van der Waals surface area (Å²) in [6.07, 6.45) is 0. The van der Waals surface area contributed by atoms with Gasteiger partial charge in [-0.15, -0.1) is 23.1 Å². The van der Waals surface area contributed by atoms with Crippen LogP contribution >= 0.6 is 23.1 Å². The minimum atomic E-state index is -0.482. The van der Waals surface area contributed by atoms with E-state index in [2.05, 4.69) is 10.6 Å². The Kier molecular flexibility index (Phi) is 8.72. The van der Waals surface area contributed by atoms with Crippen LogP contribution in [0.5, 0.6) is 5.75 Å². The van der Waals surface area contributed by atoms with Gasteiger partial charge in [0, 0.05) is 10.6 Å². The van der Waals surface area contributed by atoms with E-state index in [1.165, 1.54) is 35.2 Å². The van der Waals surface area contributed by atoms with Gasteiger partial charge in [0.1, 0.15) is 23.2 Å². The molecule has 0 aliphatic rings. The summed E-state index contributed by atoms with van der Waals surface area (Å²) in [5, 5.41) is 18.1. The highest BCUT2D eigenvalue weighted by molar-refractivity contribution is 8.02. The number of benzene rings is 2. The largest absolute Gasteiger partial charge is 0.492 e. The minimum absolute atomic E-state index is 0.0470. The molecule has 0 radical (unpaired) electrons. The number of halogens is 1. The van der Waals surface area contributed by atoms with Gasteiger partial charge in [0.15, 0.2) is 0 Å². The highest BCUT2D eigenvalue weighted by Gasteiger charge is 2.18. The molecular weight excluding hydrogens is 445 g/mol. The first-order valence-corrected chi connectivity index (χ1v) is 11.8. The van der Waals surface area contributed by atoms with Gasteiger partial charge in [0.2, 0.25) is 0 Å². The number of thiophene rings is 1. The second-order valence-corrected chi connectivity index (χ2v) is 8.57. The van der Waals surface area contributed by atoms with Gasteiger partial charge in [-0.25, -0.2) is 4.39 Å². The monoisotopic (exact) mass is 467 g/mol. The van der Waals surface area contributed by atoms with Gasteiger partial charge in [-0.2, -0.15) is 5.26 Å². The smallest absolute Gasteiger partial charge is 0.264 e. The lowest BCUT2D eigenvalue weighted by Gasteiger charge is -2.16. The molecule has 0 aliphatic carbocycles. The first-order chi connectivity index (χ1) is 15.6. The maximum Gasteiger partial charge on any atom is 0.264 e. The molecular formula is C24H22FN3O2S2. The van der Waals surface area contributed by atoms with Crippen LogP contribution < -0.4 is 15.4 Å². The Labute approximate surface area is 194 Å². The molecule has 0 fully saturated rings. The number of hydrogen-bond donors (Lipinski definition) is 2. The summed E-state index contributed by atoms with van der Waals surface area (Å²) in [6, 6.07) is 19.4. The number of hydrogen-bond acceptors (Lipinski definition) is 6. The van der Waals surface area contributed by atoms with E-state index < -0.39 is 5.91 Å². The third-order valence-electron chi connectivity index (χ3n) is 4.28. The molecule has 1 amide bonds. The number of ether oxygens (including phenoxy) is 1. The Bertz CT molecular complexity index is 1120. The lowest BCUT2D eigenvalue weighted by atomic mass is 10.2. The zero-order valence-corrected chi connectivity index (χ0v) is 19.1. The molecule has 164 valence electrons. The number of carbonyl (C=O) groups is 1. The zero-order valence-electron chi connectivity index (χ0n) is 17.4. The maximum atomic E-state index is 13.6. The number of nitrogens with zero attached hydrogens (tertiary/aromatic N) is 1. The fraction of sp³-hybridized carbons (Fsp3) is 0.167. The molecule has 1 heterocycles. The van der Waals surface area contributed by atoms with Crippen molar-refractivity contribution in [1.29, 1.82) is 5.26 Å². The Balaban J connectivity index is 1.88. The van der Waals surface area contributed by atoms with Crippen LogP contribution in [0.25, 0.3) is 0 Å². The number of para-hydroxylation sites is 2. The quantitative estimate of drug-likeness (QED) is 0.296. The van der Waals surface area contributed by atoms with E-state index in [1.807, 2.05) is 54.8 Å². The van der Waals surface area contributed by atoms with Crippen LogP contribution in [0.4, 0.5) is 10.1 Å². The second-order valence-electron chi connectivity index (χ2n) is 6.55. The van der Waals surface area contributed by atoms with E-state index in [9.17, 15) is 14.4 Å². The normalized spacial score (nSPS) is 11.3. The first kappa shape index (κ1) is 23.4. The van der Waals surface area contributed by atoms with Crippen molar-refractivity contribution in [3.63, 3.8) is 0 Å². The predicted octanol–water partition coefficient (Wildman–Crippen LogP) is 5.68. The lowest BCUT2D eigenvalue weighted by molar-refractivity contribution is -0.117. The van der Waals surface area contributed by atoms with Crippen LogP contribution in [0.1, 0.15) is 17.4 Å². The molecule has 0 spiro atoms. The number of amides is 1. The molecule has 0 saturated carbocycles. The molecule has 0 saturated heterocycles. The van der Waals surface area contributed by atoms with E-state index >= 15 is 0 Å². The molecule has 1 aromatic heterocycles. The molecule has 2 N–H and O–H groups in total. The Morgan fingerprint density at radius 1 is 1.19 bits per heavy atom. The first-order valence-electron chi connectivity index (χ1n) is 9.91. The number of nitriles is 1. The zero-order chi connectivity index (χ0) is 22.8. The van der Waals surface area contributed by atoms with E-state index in [-0.39, 0.29) is 11.4 Å². The molecule has 8 heteroatoms. The standard InChI is InChI=1S/C24H22FN3O2S2/c1-2-30-22-11-4-3-10-21(22)28-24(32-16-17-7-5-8-18(25)13-17)20(14-26)23(29)27-15-19-9-6-12-31-19/h3-13,28H,2,15-16H2,1H3,(H,27,29). The average Bonchev–Trinajstić information content (AvgIpc) is 3.31. The Morgan fingerprint density at radius 3 is 2.75 bits per heavy atom. The highest BCUT2D eigenvalue weighted by Crippen LogP contribution is 2.31. The lowest BCUT2D eigenvalue weighted by Crippen LogP contribution is -2.25. The summed E-state index contributed by atoms with van der Waals surface area (Å²) in [5.74, 6) is 0.164. The SMILES string of the molecule is CCOc1ccccc1NC(SCc1cccc(F)c1)=C(C#N)C(=O)NCc1cccs1. The summed E-state index contributed by atoms with van der Waals surface area (Å²) >= 11 is 2.78. The van der Waals surface area contributed by atoms with Gasteiger partial charge in [-0.05, 0) is 48.2 Å². The van der Waals surface area contributed by atoms with Crippen LogP contribution in [0.2, 0.25) is 0 Å². The van der Waals surface area contributed by atoms with Crippen LogP contribution in [0, 0.1) is 17.1 Å². The molecule has 0 unspecified atom stereocenters. The van der Waals surface area contributed by atoms with Crippen LogP contribution in [0.3, 0.4) is 0 Å². The molecule has 5 nitrogen and oxygen atoms in total. The molecule has 3 aromatic rings. The van der Waals surface area contributed by atoms with Crippen molar-refractivity contribution < 1.29 is 13.9 Å². The predicted molar refractivity (Wildman–Crippen MR) is 128 cm³/mol. The van der Waals surface area contributed by atoms with Gasteiger partial charge >= 0.3 is 0 Å². The summed E-state index contributed by atoms with van der Waals surface area (Å²) in [7, 11) is 0. The van der Waals surface area contributed by atoms with Crippen molar-refractivity contribution >= 4 is 34.7 Å². The molecule has 2 aromatic carbocycles. The van der Waals surface area contributed by atoms with Crippen molar-refractivity contribution in [3.05, 3.63) is 92.9 Å². The maximum absolute atomic E-state index is 13.6. The number of rotatable bonds is 10. The van der Waals surface area contributed by atoms with Crippen molar-refractivity contribution in [3.8, 4) is 11.8 Å². The Morgan fingerprint density at radius 2 is 2.03 bits per heavy atom. The number of carbonyl (C=O) groups excluding carboxylic acids is 1. The minimum Gasteiger partial charge on any atom is -0.492 e. The van der Waals surface area contributed by atoms with Crippen LogP contribution in [-0.4, -0.2) is 12.5 Å². The molecule has 0 bridgehead atoms. The van der Waals surface area contributed by atoms with Crippen molar-refractivity contribution in [1.82, 2.24) is 5.32 Å². The van der Waals surface area contributed by atoms with Gasteiger partial charge in [0.05, 0.1) is 23.9 Å². The molecule has 0 atom stereocenters. The molecule has 32 heavy (non-hydrogen) atoms. The molecule has 3 rings (SSSR count). The van der Waals surface area contributed by atoms with E-state index in [0.29, 0.717) is 35.4 Å². The molecule has 0 aliphatic heterocycles. The van der Waals surface area contributed by atoms with Crippen molar-refractivity contribution in [2.45, 2.75) is 19.2 Å². The van der Waals surface area contributed by atoms with Crippen LogP contribution in [0.15, 0.2) is 76.6 Å². The third kappa shape index (κ3) is 6.61. The summed E-state index contributed by atoms with van der Waals surface area (Å²) in [5.41, 5.74) is 1.33. The van der Waals surface area contributed by atoms with Gasteiger partial charge < -0.3 is 15.4 Å².